The highest BCUT2D eigenvalue weighted by Gasteiger charge is 2.26. The number of ether oxygens (including phenoxy) is 1. The number of aryl methyl sites for hydroxylation is 1. The number of hydrogen-bond donors (Lipinski definition) is 0. The molecule has 1 aromatic heterocycles. The first-order chi connectivity index (χ1) is 15.2. The van der Waals surface area contributed by atoms with Crippen molar-refractivity contribution in [1.29, 1.82) is 0 Å². The zero-order valence-electron chi connectivity index (χ0n) is 17.3. The van der Waals surface area contributed by atoms with Crippen molar-refractivity contribution < 1.29 is 4.74 Å². The highest BCUT2D eigenvalue weighted by Crippen LogP contribution is 2.43. The van der Waals surface area contributed by atoms with Crippen molar-refractivity contribution in [3.05, 3.63) is 101 Å². The van der Waals surface area contributed by atoms with Gasteiger partial charge in [-0.05, 0) is 47.9 Å². The molecule has 0 spiro atoms. The first-order valence-electron chi connectivity index (χ1n) is 10.4. The molecule has 5 heteroatoms. The van der Waals surface area contributed by atoms with Crippen LogP contribution in [0.2, 0.25) is 5.02 Å². The molecule has 5 rings (SSSR count). The number of aromatic nitrogens is 2. The van der Waals surface area contributed by atoms with Crippen molar-refractivity contribution in [3.8, 4) is 17.0 Å². The summed E-state index contributed by atoms with van der Waals surface area (Å²) in [5.74, 6) is 2.20. The Hall–Kier alpha value is -2.69. The van der Waals surface area contributed by atoms with Gasteiger partial charge in [0.15, 0.2) is 0 Å². The fourth-order valence-corrected chi connectivity index (χ4v) is 5.27. The third kappa shape index (κ3) is 4.23. The minimum atomic E-state index is 0.263. The zero-order valence-corrected chi connectivity index (χ0v) is 18.9. The van der Waals surface area contributed by atoms with E-state index < -0.39 is 0 Å². The van der Waals surface area contributed by atoms with Gasteiger partial charge in [0.1, 0.15) is 5.75 Å². The molecule has 3 aromatic carbocycles. The smallest absolute Gasteiger partial charge is 0.124 e. The molecule has 1 aliphatic heterocycles. The highest BCUT2D eigenvalue weighted by molar-refractivity contribution is 7.98. The molecular formula is C26H23ClN2OS. The van der Waals surface area contributed by atoms with Crippen LogP contribution in [0.4, 0.5) is 0 Å². The number of fused-ring (bicyclic) bond motifs is 1. The Morgan fingerprint density at radius 2 is 1.87 bits per heavy atom. The molecule has 1 atom stereocenters. The highest BCUT2D eigenvalue weighted by atomic mass is 35.5. The van der Waals surface area contributed by atoms with Crippen LogP contribution in [0.3, 0.4) is 0 Å². The van der Waals surface area contributed by atoms with E-state index in [0.717, 1.165) is 34.2 Å². The van der Waals surface area contributed by atoms with Crippen molar-refractivity contribution in [3.63, 3.8) is 0 Å². The summed E-state index contributed by atoms with van der Waals surface area (Å²) in [6, 6.07) is 25.4. The zero-order chi connectivity index (χ0) is 21.2. The van der Waals surface area contributed by atoms with Gasteiger partial charge in [0.2, 0.25) is 0 Å². The van der Waals surface area contributed by atoms with Crippen LogP contribution in [0, 0.1) is 0 Å². The van der Waals surface area contributed by atoms with Gasteiger partial charge in [-0.25, -0.2) is 0 Å². The van der Waals surface area contributed by atoms with Crippen LogP contribution in [0.1, 0.15) is 29.0 Å². The fourth-order valence-electron chi connectivity index (χ4n) is 4.22. The maximum absolute atomic E-state index is 6.37. The predicted octanol–water partition coefficient (Wildman–Crippen LogP) is 6.95. The van der Waals surface area contributed by atoms with Gasteiger partial charge in [0.05, 0.1) is 12.3 Å². The molecular weight excluding hydrogens is 424 g/mol. The quantitative estimate of drug-likeness (QED) is 0.310. The molecule has 0 saturated carbocycles. The van der Waals surface area contributed by atoms with E-state index >= 15 is 0 Å². The molecule has 0 N–H and O–H groups in total. The summed E-state index contributed by atoms with van der Waals surface area (Å²) < 4.78 is 7.99. The van der Waals surface area contributed by atoms with Gasteiger partial charge in [0, 0.05) is 46.0 Å². The van der Waals surface area contributed by atoms with Gasteiger partial charge in [-0.3, -0.25) is 4.68 Å². The second-order valence-electron chi connectivity index (χ2n) is 7.74. The molecule has 156 valence electrons. The molecule has 0 radical (unpaired) electrons. The molecule has 0 aliphatic carbocycles. The van der Waals surface area contributed by atoms with Gasteiger partial charge in [-0.2, -0.15) is 5.10 Å². The third-order valence-electron chi connectivity index (χ3n) is 5.76. The third-order valence-corrected chi connectivity index (χ3v) is 7.06. The van der Waals surface area contributed by atoms with Crippen molar-refractivity contribution >= 4 is 23.4 Å². The van der Waals surface area contributed by atoms with Gasteiger partial charge in [-0.15, -0.1) is 11.8 Å². The van der Waals surface area contributed by atoms with Crippen molar-refractivity contribution in [2.45, 2.75) is 23.0 Å². The van der Waals surface area contributed by atoms with Gasteiger partial charge < -0.3 is 4.74 Å². The SMILES string of the molecule is Cn1nccc1-c1cc(Cl)ccc1C1CCOc2cc(SCc3ccccc3)ccc21. The molecule has 0 bridgehead atoms. The Morgan fingerprint density at radius 1 is 1.03 bits per heavy atom. The summed E-state index contributed by atoms with van der Waals surface area (Å²) in [4.78, 5) is 1.23. The molecule has 0 fully saturated rings. The van der Waals surface area contributed by atoms with E-state index in [0.29, 0.717) is 6.61 Å². The van der Waals surface area contributed by atoms with E-state index in [4.69, 9.17) is 16.3 Å². The van der Waals surface area contributed by atoms with Crippen LogP contribution in [-0.4, -0.2) is 16.4 Å². The summed E-state index contributed by atoms with van der Waals surface area (Å²) in [6.07, 6.45) is 2.77. The minimum Gasteiger partial charge on any atom is -0.493 e. The average Bonchev–Trinajstić information content (AvgIpc) is 3.23. The normalized spacial score (nSPS) is 15.4. The van der Waals surface area contributed by atoms with Gasteiger partial charge in [-0.1, -0.05) is 54.1 Å². The van der Waals surface area contributed by atoms with Gasteiger partial charge in [0.25, 0.3) is 0 Å². The standard InChI is InChI=1S/C26H23ClN2OS/c1-29-25(11-13-28-29)24-15-19(27)7-9-21(24)22-12-14-30-26-16-20(8-10-23(22)26)31-17-18-5-3-2-4-6-18/h2-11,13,15-16,22H,12,14,17H2,1H3. The summed E-state index contributed by atoms with van der Waals surface area (Å²) in [5.41, 5.74) is 6.03. The van der Waals surface area contributed by atoms with E-state index in [2.05, 4.69) is 59.7 Å². The number of thioether (sulfide) groups is 1. The topological polar surface area (TPSA) is 27.1 Å². The van der Waals surface area contributed by atoms with Crippen molar-refractivity contribution in [1.82, 2.24) is 9.78 Å². The fraction of sp³-hybridized carbons (Fsp3) is 0.192. The molecule has 3 nitrogen and oxygen atoms in total. The summed E-state index contributed by atoms with van der Waals surface area (Å²) in [6.45, 7) is 0.706. The lowest BCUT2D eigenvalue weighted by molar-refractivity contribution is 0.276. The first-order valence-corrected chi connectivity index (χ1v) is 11.8. The minimum absolute atomic E-state index is 0.263. The van der Waals surface area contributed by atoms with Gasteiger partial charge >= 0.3 is 0 Å². The van der Waals surface area contributed by atoms with Crippen LogP contribution >= 0.6 is 23.4 Å². The molecule has 4 aromatic rings. The maximum Gasteiger partial charge on any atom is 0.124 e. The molecule has 0 saturated heterocycles. The lowest BCUT2D eigenvalue weighted by Crippen LogP contribution is -2.16. The van der Waals surface area contributed by atoms with Crippen LogP contribution < -0.4 is 4.74 Å². The van der Waals surface area contributed by atoms with Crippen LogP contribution in [0.5, 0.6) is 5.75 Å². The summed E-state index contributed by atoms with van der Waals surface area (Å²) >= 11 is 8.21. The number of benzene rings is 3. The molecule has 2 heterocycles. The van der Waals surface area contributed by atoms with E-state index in [-0.39, 0.29) is 5.92 Å². The second-order valence-corrected chi connectivity index (χ2v) is 9.22. The van der Waals surface area contributed by atoms with E-state index in [1.54, 1.807) is 0 Å². The Bertz CT molecular complexity index is 1210. The Balaban J connectivity index is 1.47. The largest absolute Gasteiger partial charge is 0.493 e. The Kier molecular flexibility index (Phi) is 5.75. The lowest BCUT2D eigenvalue weighted by atomic mass is 9.83. The number of halogens is 1. The van der Waals surface area contributed by atoms with Crippen molar-refractivity contribution in [2.75, 3.05) is 6.61 Å². The lowest BCUT2D eigenvalue weighted by Gasteiger charge is -2.28. The first kappa shape index (κ1) is 20.2. The Morgan fingerprint density at radius 3 is 2.68 bits per heavy atom. The van der Waals surface area contributed by atoms with Crippen LogP contribution in [0.15, 0.2) is 83.9 Å². The molecule has 1 unspecified atom stereocenters. The second kappa shape index (κ2) is 8.81. The monoisotopic (exact) mass is 446 g/mol. The van der Waals surface area contributed by atoms with Crippen LogP contribution in [0.25, 0.3) is 11.3 Å². The predicted molar refractivity (Wildman–Crippen MR) is 128 cm³/mol. The Labute approximate surface area is 192 Å². The summed E-state index contributed by atoms with van der Waals surface area (Å²) in [7, 11) is 1.97. The van der Waals surface area contributed by atoms with Crippen LogP contribution in [-0.2, 0) is 12.8 Å². The van der Waals surface area contributed by atoms with Crippen molar-refractivity contribution in [2.24, 2.45) is 7.05 Å². The number of rotatable bonds is 5. The molecule has 1 aliphatic rings. The number of nitrogens with zero attached hydrogens (tertiary/aromatic N) is 2. The average molecular weight is 447 g/mol. The molecule has 0 amide bonds. The summed E-state index contributed by atoms with van der Waals surface area (Å²) in [5, 5.41) is 5.09. The van der Waals surface area contributed by atoms with E-state index in [1.165, 1.54) is 21.6 Å². The maximum atomic E-state index is 6.37. The number of hydrogen-bond acceptors (Lipinski definition) is 3. The van der Waals surface area contributed by atoms with E-state index in [9.17, 15) is 0 Å². The van der Waals surface area contributed by atoms with E-state index in [1.807, 2.05) is 47.9 Å². The molecule has 31 heavy (non-hydrogen) atoms.